The van der Waals surface area contributed by atoms with E-state index in [4.69, 9.17) is 5.73 Å². The van der Waals surface area contributed by atoms with Gasteiger partial charge in [-0.1, -0.05) is 26.0 Å². The first-order valence-corrected chi connectivity index (χ1v) is 8.95. The molecule has 24 heavy (non-hydrogen) atoms. The summed E-state index contributed by atoms with van der Waals surface area (Å²) in [7, 11) is 0. The number of benzene rings is 1. The fourth-order valence-corrected chi connectivity index (χ4v) is 3.41. The minimum atomic E-state index is -0.210. The van der Waals surface area contributed by atoms with Crippen LogP contribution in [-0.2, 0) is 11.3 Å². The highest BCUT2D eigenvalue weighted by Gasteiger charge is 2.27. The molecule has 2 unspecified atom stereocenters. The smallest absolute Gasteiger partial charge is 0.224 e. The van der Waals surface area contributed by atoms with Crippen molar-refractivity contribution in [1.29, 1.82) is 0 Å². The largest absolute Gasteiger partial charge is 0.352 e. The Morgan fingerprint density at radius 2 is 2.25 bits per heavy atom. The molecule has 0 saturated carbocycles. The van der Waals surface area contributed by atoms with Crippen molar-refractivity contribution in [2.75, 3.05) is 19.6 Å². The molecule has 4 nitrogen and oxygen atoms in total. The number of halogens is 1. The van der Waals surface area contributed by atoms with E-state index in [1.54, 1.807) is 12.1 Å². The predicted molar refractivity (Wildman–Crippen MR) is 94.8 cm³/mol. The molecule has 1 aromatic carbocycles. The second-order valence-electron chi connectivity index (χ2n) is 7.27. The Hall–Kier alpha value is -1.46. The van der Waals surface area contributed by atoms with E-state index in [1.807, 2.05) is 6.07 Å². The molecule has 1 fully saturated rings. The van der Waals surface area contributed by atoms with Gasteiger partial charge in [0.25, 0.3) is 0 Å². The molecule has 0 aliphatic carbocycles. The summed E-state index contributed by atoms with van der Waals surface area (Å²) in [5.41, 5.74) is 6.74. The van der Waals surface area contributed by atoms with Crippen LogP contribution in [0.5, 0.6) is 0 Å². The number of amides is 1. The molecule has 1 aliphatic rings. The van der Waals surface area contributed by atoms with Gasteiger partial charge in [-0.25, -0.2) is 4.39 Å². The lowest BCUT2D eigenvalue weighted by Crippen LogP contribution is -2.48. The van der Waals surface area contributed by atoms with E-state index < -0.39 is 0 Å². The standard InChI is InChI=1S/C19H30FN3O/c1-14(2)9-18(11-21)22-19(24)16-6-4-8-23(13-16)12-15-5-3-7-17(20)10-15/h3,5,7,10,14,16,18H,4,6,8-9,11-13,21H2,1-2H3,(H,22,24). The number of rotatable bonds is 7. The van der Waals surface area contributed by atoms with Gasteiger partial charge in [-0.15, -0.1) is 0 Å². The fraction of sp³-hybridized carbons (Fsp3) is 0.632. The highest BCUT2D eigenvalue weighted by Crippen LogP contribution is 2.19. The van der Waals surface area contributed by atoms with Crippen molar-refractivity contribution in [2.45, 2.75) is 45.7 Å². The molecule has 1 aliphatic heterocycles. The summed E-state index contributed by atoms with van der Waals surface area (Å²) < 4.78 is 13.3. The first-order chi connectivity index (χ1) is 11.5. The summed E-state index contributed by atoms with van der Waals surface area (Å²) in [5, 5.41) is 3.11. The molecule has 1 aromatic rings. The molecule has 0 spiro atoms. The molecule has 1 saturated heterocycles. The maximum Gasteiger partial charge on any atom is 0.224 e. The van der Waals surface area contributed by atoms with Crippen LogP contribution in [0.3, 0.4) is 0 Å². The maximum absolute atomic E-state index is 13.3. The van der Waals surface area contributed by atoms with Crippen molar-refractivity contribution in [3.8, 4) is 0 Å². The Morgan fingerprint density at radius 3 is 2.92 bits per heavy atom. The lowest BCUT2D eigenvalue weighted by Gasteiger charge is -2.33. The quantitative estimate of drug-likeness (QED) is 0.805. The summed E-state index contributed by atoms with van der Waals surface area (Å²) in [4.78, 5) is 14.8. The molecule has 5 heteroatoms. The van der Waals surface area contributed by atoms with E-state index in [-0.39, 0.29) is 23.7 Å². The lowest BCUT2D eigenvalue weighted by molar-refractivity contribution is -0.127. The van der Waals surface area contributed by atoms with Crippen LogP contribution in [-0.4, -0.2) is 36.5 Å². The molecular formula is C19H30FN3O. The monoisotopic (exact) mass is 335 g/mol. The van der Waals surface area contributed by atoms with Crippen LogP contribution < -0.4 is 11.1 Å². The van der Waals surface area contributed by atoms with Crippen molar-refractivity contribution in [3.63, 3.8) is 0 Å². The lowest BCUT2D eigenvalue weighted by atomic mass is 9.95. The van der Waals surface area contributed by atoms with Gasteiger partial charge < -0.3 is 11.1 Å². The Labute approximate surface area is 144 Å². The van der Waals surface area contributed by atoms with E-state index in [9.17, 15) is 9.18 Å². The Morgan fingerprint density at radius 1 is 1.46 bits per heavy atom. The molecule has 2 atom stereocenters. The number of nitrogens with two attached hydrogens (primary N) is 1. The zero-order valence-electron chi connectivity index (χ0n) is 14.8. The van der Waals surface area contributed by atoms with Crippen molar-refractivity contribution >= 4 is 5.91 Å². The van der Waals surface area contributed by atoms with Gasteiger partial charge in [0.15, 0.2) is 0 Å². The molecule has 134 valence electrons. The second kappa shape index (κ2) is 9.14. The Balaban J connectivity index is 1.88. The van der Waals surface area contributed by atoms with Gasteiger partial charge in [-0.2, -0.15) is 0 Å². The highest BCUT2D eigenvalue weighted by atomic mass is 19.1. The van der Waals surface area contributed by atoms with Crippen molar-refractivity contribution in [3.05, 3.63) is 35.6 Å². The topological polar surface area (TPSA) is 58.4 Å². The van der Waals surface area contributed by atoms with Gasteiger partial charge >= 0.3 is 0 Å². The van der Waals surface area contributed by atoms with E-state index >= 15 is 0 Å². The molecular weight excluding hydrogens is 305 g/mol. The molecule has 0 radical (unpaired) electrons. The molecule has 3 N–H and O–H groups in total. The summed E-state index contributed by atoms with van der Waals surface area (Å²) in [6, 6.07) is 6.74. The van der Waals surface area contributed by atoms with Crippen LogP contribution in [0.15, 0.2) is 24.3 Å². The predicted octanol–water partition coefficient (Wildman–Crippen LogP) is 2.53. The summed E-state index contributed by atoms with van der Waals surface area (Å²) in [6.45, 7) is 7.11. The van der Waals surface area contributed by atoms with Crippen LogP contribution >= 0.6 is 0 Å². The summed E-state index contributed by atoms with van der Waals surface area (Å²) >= 11 is 0. The first kappa shape index (κ1) is 18.9. The number of hydrogen-bond donors (Lipinski definition) is 2. The molecule has 2 rings (SSSR count). The third-order valence-electron chi connectivity index (χ3n) is 4.56. The third-order valence-corrected chi connectivity index (χ3v) is 4.56. The normalized spacial score (nSPS) is 20.1. The summed E-state index contributed by atoms with van der Waals surface area (Å²) in [6.07, 6.45) is 2.80. The minimum absolute atomic E-state index is 0.00600. The average Bonchev–Trinajstić information content (AvgIpc) is 2.54. The first-order valence-electron chi connectivity index (χ1n) is 8.95. The highest BCUT2D eigenvalue weighted by molar-refractivity contribution is 5.79. The SMILES string of the molecule is CC(C)CC(CN)NC(=O)C1CCCN(Cc2cccc(F)c2)C1. The number of carbonyl (C=O) groups excluding carboxylic acids is 1. The number of hydrogen-bond acceptors (Lipinski definition) is 3. The maximum atomic E-state index is 13.3. The molecule has 1 amide bonds. The summed E-state index contributed by atoms with van der Waals surface area (Å²) in [5.74, 6) is 0.400. The zero-order chi connectivity index (χ0) is 17.5. The zero-order valence-corrected chi connectivity index (χ0v) is 14.8. The minimum Gasteiger partial charge on any atom is -0.352 e. The van der Waals surface area contributed by atoms with Gasteiger partial charge in [0.05, 0.1) is 5.92 Å². The van der Waals surface area contributed by atoms with Crippen LogP contribution in [0.4, 0.5) is 4.39 Å². The van der Waals surface area contributed by atoms with Gasteiger partial charge in [-0.05, 0) is 49.4 Å². The van der Waals surface area contributed by atoms with E-state index in [1.165, 1.54) is 6.07 Å². The van der Waals surface area contributed by atoms with Crippen molar-refractivity contribution in [1.82, 2.24) is 10.2 Å². The molecule has 0 aromatic heterocycles. The van der Waals surface area contributed by atoms with Gasteiger partial charge in [0, 0.05) is 25.7 Å². The molecule has 1 heterocycles. The van der Waals surface area contributed by atoms with Gasteiger partial charge in [0.2, 0.25) is 5.91 Å². The average molecular weight is 335 g/mol. The third kappa shape index (κ3) is 5.87. The van der Waals surface area contributed by atoms with Crippen molar-refractivity contribution < 1.29 is 9.18 Å². The number of likely N-dealkylation sites (tertiary alicyclic amines) is 1. The van der Waals surface area contributed by atoms with Crippen LogP contribution in [0.25, 0.3) is 0 Å². The molecule has 0 bridgehead atoms. The van der Waals surface area contributed by atoms with Crippen LogP contribution in [0, 0.1) is 17.7 Å². The van der Waals surface area contributed by atoms with Gasteiger partial charge in [-0.3, -0.25) is 9.69 Å². The Bertz CT molecular complexity index is 535. The van der Waals surface area contributed by atoms with Crippen molar-refractivity contribution in [2.24, 2.45) is 17.6 Å². The van der Waals surface area contributed by atoms with E-state index in [0.29, 0.717) is 19.0 Å². The Kier molecular flexibility index (Phi) is 7.18. The van der Waals surface area contributed by atoms with E-state index in [2.05, 4.69) is 24.1 Å². The van der Waals surface area contributed by atoms with Gasteiger partial charge in [0.1, 0.15) is 5.82 Å². The van der Waals surface area contributed by atoms with Crippen LogP contribution in [0.1, 0.15) is 38.7 Å². The second-order valence-corrected chi connectivity index (χ2v) is 7.27. The fourth-order valence-electron chi connectivity index (χ4n) is 3.41. The number of carbonyl (C=O) groups is 1. The van der Waals surface area contributed by atoms with Crippen LogP contribution in [0.2, 0.25) is 0 Å². The van der Waals surface area contributed by atoms with E-state index in [0.717, 1.165) is 37.9 Å². The number of piperidine rings is 1. The number of nitrogens with zero attached hydrogens (tertiary/aromatic N) is 1. The number of nitrogens with one attached hydrogen (secondary N) is 1.